The number of hydrogen-bond acceptors (Lipinski definition) is 5. The van der Waals surface area contributed by atoms with E-state index in [9.17, 15) is 0 Å². The van der Waals surface area contributed by atoms with E-state index in [2.05, 4.69) is 52.0 Å². The molecule has 3 heterocycles. The third kappa shape index (κ3) is 2.92. The van der Waals surface area contributed by atoms with Crippen LogP contribution in [-0.2, 0) is 7.05 Å². The normalized spacial score (nSPS) is 15.7. The van der Waals surface area contributed by atoms with Gasteiger partial charge in [0.05, 0.1) is 11.6 Å². The van der Waals surface area contributed by atoms with Crippen LogP contribution in [-0.4, -0.2) is 38.9 Å². The van der Waals surface area contributed by atoms with E-state index in [4.69, 9.17) is 4.74 Å². The van der Waals surface area contributed by atoms with Gasteiger partial charge in [0, 0.05) is 33.0 Å². The molecular formula is C19H23N5O. The molecule has 25 heavy (non-hydrogen) atoms. The lowest BCUT2D eigenvalue weighted by atomic mass is 10.1. The highest BCUT2D eigenvalue weighted by atomic mass is 16.5. The van der Waals surface area contributed by atoms with Crippen LogP contribution in [0.4, 0.5) is 5.82 Å². The van der Waals surface area contributed by atoms with Crippen LogP contribution in [0.25, 0.3) is 11.0 Å². The maximum atomic E-state index is 6.32. The summed E-state index contributed by atoms with van der Waals surface area (Å²) in [5.41, 5.74) is 3.28. The standard InChI is InChI=1S/C19H23N5O/c1-13-5-4-6-14(2)17(13)25-15-7-9-24(10-8-15)19-16-11-22-23(3)18(16)20-12-21-19/h4-6,11-12,15H,7-10H2,1-3H3. The summed E-state index contributed by atoms with van der Waals surface area (Å²) >= 11 is 0. The van der Waals surface area contributed by atoms with Crippen LogP contribution in [0, 0.1) is 13.8 Å². The van der Waals surface area contributed by atoms with Gasteiger partial charge in [0.15, 0.2) is 5.65 Å². The molecule has 130 valence electrons. The molecule has 1 aliphatic heterocycles. The van der Waals surface area contributed by atoms with Gasteiger partial charge in [-0.3, -0.25) is 4.68 Å². The number of para-hydroxylation sites is 1. The van der Waals surface area contributed by atoms with Crippen molar-refractivity contribution >= 4 is 16.9 Å². The summed E-state index contributed by atoms with van der Waals surface area (Å²) in [7, 11) is 1.91. The molecule has 0 aliphatic carbocycles. The van der Waals surface area contributed by atoms with Crippen molar-refractivity contribution in [1.82, 2.24) is 19.7 Å². The Hall–Kier alpha value is -2.63. The third-order valence-electron chi connectivity index (χ3n) is 4.94. The Labute approximate surface area is 147 Å². The molecule has 4 rings (SSSR count). The molecule has 0 radical (unpaired) electrons. The molecule has 1 saturated heterocycles. The SMILES string of the molecule is Cc1cccc(C)c1OC1CCN(c2ncnc3c2cnn3C)CC1. The Bertz CT molecular complexity index is 876. The molecule has 1 fully saturated rings. The van der Waals surface area contributed by atoms with E-state index >= 15 is 0 Å². The topological polar surface area (TPSA) is 56.1 Å². The van der Waals surface area contributed by atoms with Crippen LogP contribution >= 0.6 is 0 Å². The molecule has 3 aromatic rings. The number of anilines is 1. The number of nitrogens with zero attached hydrogens (tertiary/aromatic N) is 5. The molecule has 0 saturated carbocycles. The summed E-state index contributed by atoms with van der Waals surface area (Å²) in [6.07, 6.45) is 5.70. The molecule has 0 amide bonds. The minimum atomic E-state index is 0.252. The van der Waals surface area contributed by atoms with Gasteiger partial charge < -0.3 is 9.64 Å². The second kappa shape index (κ2) is 6.35. The largest absolute Gasteiger partial charge is 0.490 e. The predicted octanol–water partition coefficient (Wildman–Crippen LogP) is 3.03. The number of fused-ring (bicyclic) bond motifs is 1. The quantitative estimate of drug-likeness (QED) is 0.735. The van der Waals surface area contributed by atoms with Crippen LogP contribution in [0.15, 0.2) is 30.7 Å². The zero-order valence-electron chi connectivity index (χ0n) is 14.9. The van der Waals surface area contributed by atoms with Gasteiger partial charge in [0.1, 0.15) is 24.0 Å². The fraction of sp³-hybridized carbons (Fsp3) is 0.421. The second-order valence-electron chi connectivity index (χ2n) is 6.73. The van der Waals surface area contributed by atoms with Crippen molar-refractivity contribution in [2.24, 2.45) is 7.05 Å². The van der Waals surface area contributed by atoms with Gasteiger partial charge in [-0.05, 0) is 25.0 Å². The van der Waals surface area contributed by atoms with Gasteiger partial charge >= 0.3 is 0 Å². The monoisotopic (exact) mass is 337 g/mol. The molecule has 0 N–H and O–H groups in total. The zero-order chi connectivity index (χ0) is 17.4. The molecule has 0 bridgehead atoms. The molecule has 0 atom stereocenters. The summed E-state index contributed by atoms with van der Waals surface area (Å²) < 4.78 is 8.11. The lowest BCUT2D eigenvalue weighted by Gasteiger charge is -2.33. The van der Waals surface area contributed by atoms with Crippen molar-refractivity contribution in [3.8, 4) is 5.75 Å². The number of aryl methyl sites for hydroxylation is 3. The first-order chi connectivity index (χ1) is 12.1. The number of rotatable bonds is 3. The highest BCUT2D eigenvalue weighted by molar-refractivity contribution is 5.86. The highest BCUT2D eigenvalue weighted by Gasteiger charge is 2.24. The fourth-order valence-corrected chi connectivity index (χ4v) is 3.54. The Morgan fingerprint density at radius 3 is 2.52 bits per heavy atom. The molecule has 1 aliphatic rings. The summed E-state index contributed by atoms with van der Waals surface area (Å²) in [6.45, 7) is 6.07. The molecule has 6 heteroatoms. The lowest BCUT2D eigenvalue weighted by Crippen LogP contribution is -2.39. The van der Waals surface area contributed by atoms with Gasteiger partial charge in [0.25, 0.3) is 0 Å². The molecule has 0 spiro atoms. The summed E-state index contributed by atoms with van der Waals surface area (Å²) in [6, 6.07) is 6.30. The van der Waals surface area contributed by atoms with E-state index in [-0.39, 0.29) is 6.10 Å². The summed E-state index contributed by atoms with van der Waals surface area (Å²) in [5.74, 6) is 2.02. The minimum Gasteiger partial charge on any atom is -0.490 e. The fourth-order valence-electron chi connectivity index (χ4n) is 3.54. The van der Waals surface area contributed by atoms with Crippen molar-refractivity contribution in [3.63, 3.8) is 0 Å². The zero-order valence-corrected chi connectivity index (χ0v) is 14.9. The number of ether oxygens (including phenoxy) is 1. The molecule has 2 aromatic heterocycles. The lowest BCUT2D eigenvalue weighted by molar-refractivity contribution is 0.168. The first-order valence-electron chi connectivity index (χ1n) is 8.74. The van der Waals surface area contributed by atoms with E-state index in [0.29, 0.717) is 0 Å². The van der Waals surface area contributed by atoms with Gasteiger partial charge in [0.2, 0.25) is 0 Å². The Morgan fingerprint density at radius 2 is 1.80 bits per heavy atom. The van der Waals surface area contributed by atoms with Crippen LogP contribution in [0.5, 0.6) is 5.75 Å². The maximum absolute atomic E-state index is 6.32. The van der Waals surface area contributed by atoms with E-state index in [1.165, 1.54) is 11.1 Å². The van der Waals surface area contributed by atoms with Gasteiger partial charge in [-0.15, -0.1) is 0 Å². The number of piperidine rings is 1. The average molecular weight is 337 g/mol. The van der Waals surface area contributed by atoms with Crippen LogP contribution in [0.3, 0.4) is 0 Å². The molecule has 1 aromatic carbocycles. The number of hydrogen-bond donors (Lipinski definition) is 0. The predicted molar refractivity (Wildman–Crippen MR) is 98.1 cm³/mol. The van der Waals surface area contributed by atoms with Gasteiger partial charge in [-0.1, -0.05) is 18.2 Å². The van der Waals surface area contributed by atoms with Crippen molar-refractivity contribution in [2.75, 3.05) is 18.0 Å². The highest BCUT2D eigenvalue weighted by Crippen LogP contribution is 2.29. The van der Waals surface area contributed by atoms with Gasteiger partial charge in [-0.2, -0.15) is 5.10 Å². The smallest absolute Gasteiger partial charge is 0.163 e. The molecule has 0 unspecified atom stereocenters. The Balaban J connectivity index is 1.48. The van der Waals surface area contributed by atoms with Crippen LogP contribution < -0.4 is 9.64 Å². The van der Waals surface area contributed by atoms with E-state index in [1.54, 1.807) is 11.0 Å². The Kier molecular flexibility index (Phi) is 4.03. The van der Waals surface area contributed by atoms with E-state index < -0.39 is 0 Å². The first kappa shape index (κ1) is 15.9. The number of benzene rings is 1. The van der Waals surface area contributed by atoms with E-state index in [1.807, 2.05) is 13.2 Å². The van der Waals surface area contributed by atoms with Crippen molar-refractivity contribution in [3.05, 3.63) is 41.9 Å². The van der Waals surface area contributed by atoms with Crippen molar-refractivity contribution in [2.45, 2.75) is 32.8 Å². The van der Waals surface area contributed by atoms with Crippen molar-refractivity contribution < 1.29 is 4.74 Å². The number of aromatic nitrogens is 4. The van der Waals surface area contributed by atoms with Crippen LogP contribution in [0.1, 0.15) is 24.0 Å². The maximum Gasteiger partial charge on any atom is 0.163 e. The first-order valence-corrected chi connectivity index (χ1v) is 8.74. The second-order valence-corrected chi connectivity index (χ2v) is 6.73. The third-order valence-corrected chi connectivity index (χ3v) is 4.94. The minimum absolute atomic E-state index is 0.252. The Morgan fingerprint density at radius 1 is 1.08 bits per heavy atom. The summed E-state index contributed by atoms with van der Waals surface area (Å²) in [4.78, 5) is 11.1. The van der Waals surface area contributed by atoms with Crippen molar-refractivity contribution in [1.29, 1.82) is 0 Å². The van der Waals surface area contributed by atoms with Gasteiger partial charge in [-0.25, -0.2) is 9.97 Å². The van der Waals surface area contributed by atoms with Crippen LogP contribution in [0.2, 0.25) is 0 Å². The molecule has 6 nitrogen and oxygen atoms in total. The average Bonchev–Trinajstić information content (AvgIpc) is 3.00. The van der Waals surface area contributed by atoms with E-state index in [0.717, 1.165) is 48.5 Å². The summed E-state index contributed by atoms with van der Waals surface area (Å²) in [5, 5.41) is 5.32. The molecular weight excluding hydrogens is 314 g/mol.